The van der Waals surface area contributed by atoms with E-state index in [9.17, 15) is 0 Å². The van der Waals surface area contributed by atoms with Crippen molar-refractivity contribution in [2.24, 2.45) is 12.8 Å². The number of likely N-dealkylation sites (tertiary alicyclic amines) is 1. The highest BCUT2D eigenvalue weighted by Crippen LogP contribution is 2.32. The Labute approximate surface area is 110 Å². The van der Waals surface area contributed by atoms with Crippen molar-refractivity contribution in [2.75, 3.05) is 13.1 Å². The molecule has 2 atom stereocenters. The maximum absolute atomic E-state index is 6.45. The summed E-state index contributed by atoms with van der Waals surface area (Å²) >= 11 is 0. The lowest BCUT2D eigenvalue weighted by Gasteiger charge is -2.33. The molecule has 0 saturated carbocycles. The van der Waals surface area contributed by atoms with Gasteiger partial charge in [0.15, 0.2) is 0 Å². The summed E-state index contributed by atoms with van der Waals surface area (Å²) in [6, 6.07) is 0.570. The van der Waals surface area contributed by atoms with Gasteiger partial charge in [0.05, 0.1) is 11.7 Å². The van der Waals surface area contributed by atoms with Gasteiger partial charge in [-0.05, 0) is 39.8 Å². The zero-order chi connectivity index (χ0) is 13.3. The number of aryl methyl sites for hydroxylation is 2. The fraction of sp³-hybridized carbons (Fsp3) is 0.786. The highest BCUT2D eigenvalue weighted by Gasteiger charge is 2.31. The molecule has 1 aliphatic rings. The Hall–Kier alpha value is -0.870. The van der Waals surface area contributed by atoms with Gasteiger partial charge in [-0.2, -0.15) is 5.10 Å². The van der Waals surface area contributed by atoms with Crippen LogP contribution in [0.2, 0.25) is 0 Å². The smallest absolute Gasteiger partial charge is 0.0644 e. The van der Waals surface area contributed by atoms with E-state index in [1.54, 1.807) is 0 Å². The lowest BCUT2D eigenvalue weighted by atomic mass is 9.94. The molecule has 4 heteroatoms. The molecule has 0 amide bonds. The van der Waals surface area contributed by atoms with Crippen LogP contribution in [0.4, 0.5) is 0 Å². The van der Waals surface area contributed by atoms with Crippen molar-refractivity contribution in [3.8, 4) is 0 Å². The van der Waals surface area contributed by atoms with Gasteiger partial charge in [0, 0.05) is 24.3 Å². The minimum Gasteiger partial charge on any atom is -0.326 e. The SMILES string of the molecule is CCN1CCCCC(N)C1c1c(C)nn(C)c1C. The van der Waals surface area contributed by atoms with Gasteiger partial charge < -0.3 is 5.73 Å². The van der Waals surface area contributed by atoms with Gasteiger partial charge >= 0.3 is 0 Å². The first kappa shape index (κ1) is 13.6. The maximum atomic E-state index is 6.45. The predicted molar refractivity (Wildman–Crippen MR) is 74.5 cm³/mol. The fourth-order valence-electron chi connectivity index (χ4n) is 3.23. The van der Waals surface area contributed by atoms with Crippen molar-refractivity contribution >= 4 is 0 Å². The minimum atomic E-state index is 0.231. The average Bonchev–Trinajstić information content (AvgIpc) is 2.52. The third-order valence-electron chi connectivity index (χ3n) is 4.30. The summed E-state index contributed by atoms with van der Waals surface area (Å²) in [5.41, 5.74) is 10.2. The van der Waals surface area contributed by atoms with Gasteiger partial charge in [-0.1, -0.05) is 13.3 Å². The first-order valence-corrected chi connectivity index (χ1v) is 7.06. The summed E-state index contributed by atoms with van der Waals surface area (Å²) < 4.78 is 1.98. The number of nitrogens with two attached hydrogens (primary N) is 1. The number of hydrogen-bond acceptors (Lipinski definition) is 3. The summed E-state index contributed by atoms with van der Waals surface area (Å²) in [6.07, 6.45) is 3.62. The molecular formula is C14H26N4. The van der Waals surface area contributed by atoms with Crippen LogP contribution >= 0.6 is 0 Å². The zero-order valence-electron chi connectivity index (χ0n) is 12.1. The molecule has 2 rings (SSSR count). The van der Waals surface area contributed by atoms with Crippen LogP contribution in [0.3, 0.4) is 0 Å². The Balaban J connectivity index is 2.42. The van der Waals surface area contributed by atoms with E-state index in [2.05, 4.69) is 30.8 Å². The molecular weight excluding hydrogens is 224 g/mol. The zero-order valence-corrected chi connectivity index (χ0v) is 12.1. The van der Waals surface area contributed by atoms with E-state index in [1.807, 2.05) is 11.7 Å². The standard InChI is InChI=1S/C14H26N4/c1-5-18-9-7-6-8-12(15)14(18)13-10(2)16-17(4)11(13)3/h12,14H,5-9,15H2,1-4H3. The van der Waals surface area contributed by atoms with Crippen molar-refractivity contribution in [1.82, 2.24) is 14.7 Å². The quantitative estimate of drug-likeness (QED) is 0.872. The molecule has 0 radical (unpaired) electrons. The summed E-state index contributed by atoms with van der Waals surface area (Å²) in [6.45, 7) is 8.70. The second-order valence-corrected chi connectivity index (χ2v) is 5.44. The highest BCUT2D eigenvalue weighted by atomic mass is 15.3. The van der Waals surface area contributed by atoms with Crippen LogP contribution in [0.15, 0.2) is 0 Å². The first-order valence-electron chi connectivity index (χ1n) is 7.06. The van der Waals surface area contributed by atoms with E-state index in [0.717, 1.165) is 25.2 Å². The van der Waals surface area contributed by atoms with Gasteiger partial charge in [-0.3, -0.25) is 9.58 Å². The van der Waals surface area contributed by atoms with E-state index in [1.165, 1.54) is 24.1 Å². The van der Waals surface area contributed by atoms with Crippen LogP contribution in [-0.4, -0.2) is 33.8 Å². The first-order chi connectivity index (χ1) is 8.56. The van der Waals surface area contributed by atoms with Crippen molar-refractivity contribution in [3.05, 3.63) is 17.0 Å². The molecule has 2 unspecified atom stereocenters. The summed E-state index contributed by atoms with van der Waals surface area (Å²) in [5.74, 6) is 0. The summed E-state index contributed by atoms with van der Waals surface area (Å²) in [7, 11) is 2.02. The van der Waals surface area contributed by atoms with Crippen LogP contribution in [0.1, 0.15) is 49.2 Å². The molecule has 4 nitrogen and oxygen atoms in total. The molecule has 2 heterocycles. The number of aromatic nitrogens is 2. The van der Waals surface area contributed by atoms with E-state index in [-0.39, 0.29) is 6.04 Å². The topological polar surface area (TPSA) is 47.1 Å². The Morgan fingerprint density at radius 2 is 2.06 bits per heavy atom. The Morgan fingerprint density at radius 1 is 1.33 bits per heavy atom. The van der Waals surface area contributed by atoms with Crippen LogP contribution < -0.4 is 5.73 Å². The second kappa shape index (κ2) is 5.41. The molecule has 0 aromatic carbocycles. The Morgan fingerprint density at radius 3 is 2.61 bits per heavy atom. The fourth-order valence-corrected chi connectivity index (χ4v) is 3.23. The monoisotopic (exact) mass is 250 g/mol. The molecule has 0 spiro atoms. The van der Waals surface area contributed by atoms with Crippen LogP contribution in [0, 0.1) is 13.8 Å². The molecule has 0 aliphatic carbocycles. The molecule has 1 fully saturated rings. The van der Waals surface area contributed by atoms with Crippen molar-refractivity contribution < 1.29 is 0 Å². The number of nitrogens with zero attached hydrogens (tertiary/aromatic N) is 3. The van der Waals surface area contributed by atoms with Gasteiger partial charge in [0.25, 0.3) is 0 Å². The second-order valence-electron chi connectivity index (χ2n) is 5.44. The molecule has 1 saturated heterocycles. The van der Waals surface area contributed by atoms with Crippen molar-refractivity contribution in [3.63, 3.8) is 0 Å². The molecule has 0 bridgehead atoms. The number of rotatable bonds is 2. The lowest BCUT2D eigenvalue weighted by molar-refractivity contribution is 0.194. The normalized spacial score (nSPS) is 26.3. The highest BCUT2D eigenvalue weighted by molar-refractivity contribution is 5.30. The average molecular weight is 250 g/mol. The van der Waals surface area contributed by atoms with Gasteiger partial charge in [-0.25, -0.2) is 0 Å². The largest absolute Gasteiger partial charge is 0.326 e. The predicted octanol–water partition coefficient (Wildman–Crippen LogP) is 1.91. The van der Waals surface area contributed by atoms with E-state index >= 15 is 0 Å². The molecule has 1 aromatic heterocycles. The van der Waals surface area contributed by atoms with Gasteiger partial charge in [0.2, 0.25) is 0 Å². The molecule has 1 aliphatic heterocycles. The molecule has 102 valence electrons. The Bertz CT molecular complexity index is 410. The van der Waals surface area contributed by atoms with Crippen molar-refractivity contribution in [2.45, 2.75) is 52.1 Å². The summed E-state index contributed by atoms with van der Waals surface area (Å²) in [4.78, 5) is 2.52. The van der Waals surface area contributed by atoms with E-state index in [4.69, 9.17) is 5.73 Å². The minimum absolute atomic E-state index is 0.231. The molecule has 2 N–H and O–H groups in total. The van der Waals surface area contributed by atoms with Crippen LogP contribution in [0.25, 0.3) is 0 Å². The van der Waals surface area contributed by atoms with Gasteiger partial charge in [-0.15, -0.1) is 0 Å². The third kappa shape index (κ3) is 2.31. The number of hydrogen-bond donors (Lipinski definition) is 1. The summed E-state index contributed by atoms with van der Waals surface area (Å²) in [5, 5.41) is 4.55. The van der Waals surface area contributed by atoms with Crippen LogP contribution in [-0.2, 0) is 7.05 Å². The van der Waals surface area contributed by atoms with Crippen LogP contribution in [0.5, 0.6) is 0 Å². The van der Waals surface area contributed by atoms with Gasteiger partial charge in [0.1, 0.15) is 0 Å². The maximum Gasteiger partial charge on any atom is 0.0644 e. The molecule has 18 heavy (non-hydrogen) atoms. The Kier molecular flexibility index (Phi) is 4.07. The third-order valence-corrected chi connectivity index (χ3v) is 4.30. The van der Waals surface area contributed by atoms with E-state index in [0.29, 0.717) is 6.04 Å². The molecule has 1 aromatic rings. The lowest BCUT2D eigenvalue weighted by Crippen LogP contribution is -2.40. The van der Waals surface area contributed by atoms with Crippen molar-refractivity contribution in [1.29, 1.82) is 0 Å². The number of likely N-dealkylation sites (N-methyl/N-ethyl adjacent to an activating group) is 1. The van der Waals surface area contributed by atoms with E-state index < -0.39 is 0 Å².